The second kappa shape index (κ2) is 3.02. The van der Waals surface area contributed by atoms with Crippen molar-refractivity contribution in [1.29, 1.82) is 0 Å². The Morgan fingerprint density at radius 3 is 3.17 bits per heavy atom. The minimum atomic E-state index is -0.373. The van der Waals surface area contributed by atoms with Gasteiger partial charge in [-0.05, 0) is 22.0 Å². The molecule has 2 aromatic rings. The first-order valence-electron chi connectivity index (χ1n) is 5.45. The number of aromatic nitrogens is 4. The van der Waals surface area contributed by atoms with Crippen molar-refractivity contribution in [2.24, 2.45) is 0 Å². The van der Waals surface area contributed by atoms with Gasteiger partial charge < -0.3 is 0 Å². The lowest BCUT2D eigenvalue weighted by molar-refractivity contribution is 0.833. The SMILES string of the molecule is [2H]c1nc([2H])c(-n2nc([2H])c([2H])c2[2H])nc1Br. The van der Waals surface area contributed by atoms with Gasteiger partial charge in [0.15, 0.2) is 5.82 Å². The zero-order valence-electron chi connectivity index (χ0n) is 10.7. The molecule has 0 aliphatic rings. The summed E-state index contributed by atoms with van der Waals surface area (Å²) in [5, 5.41) is 3.62. The van der Waals surface area contributed by atoms with Crippen molar-refractivity contribution in [2.45, 2.75) is 0 Å². The van der Waals surface area contributed by atoms with Crippen molar-refractivity contribution >= 4 is 15.9 Å². The minimum Gasteiger partial charge on any atom is -0.258 e. The highest BCUT2D eigenvalue weighted by Gasteiger charge is 1.97. The Kier molecular flexibility index (Phi) is 0.920. The van der Waals surface area contributed by atoms with Crippen molar-refractivity contribution in [3.05, 3.63) is 35.3 Å². The van der Waals surface area contributed by atoms with Crippen LogP contribution in [0.1, 0.15) is 6.85 Å². The molecular formula is C7H5BrN4. The first-order chi connectivity index (χ1) is 7.91. The van der Waals surface area contributed by atoms with Crippen LogP contribution >= 0.6 is 15.9 Å². The van der Waals surface area contributed by atoms with Crippen LogP contribution in [0.2, 0.25) is 0 Å². The second-order valence-electron chi connectivity index (χ2n) is 1.82. The van der Waals surface area contributed by atoms with E-state index < -0.39 is 0 Å². The molecule has 2 rings (SSSR count). The molecule has 60 valence electrons. The van der Waals surface area contributed by atoms with Gasteiger partial charge in [0.25, 0.3) is 0 Å². The van der Waals surface area contributed by atoms with Crippen LogP contribution in [0.25, 0.3) is 5.82 Å². The van der Waals surface area contributed by atoms with E-state index in [1.165, 1.54) is 0 Å². The predicted molar refractivity (Wildman–Crippen MR) is 46.9 cm³/mol. The van der Waals surface area contributed by atoms with E-state index in [1.54, 1.807) is 0 Å². The Balaban J connectivity index is 2.68. The Hall–Kier alpha value is -1.23. The van der Waals surface area contributed by atoms with Crippen molar-refractivity contribution in [1.82, 2.24) is 19.7 Å². The highest BCUT2D eigenvalue weighted by atomic mass is 79.9. The lowest BCUT2D eigenvalue weighted by atomic mass is 10.6. The monoisotopic (exact) mass is 229 g/mol. The van der Waals surface area contributed by atoms with E-state index in [0.29, 0.717) is 0 Å². The van der Waals surface area contributed by atoms with Gasteiger partial charge in [0.05, 0.1) is 19.2 Å². The molecule has 0 spiro atoms. The van der Waals surface area contributed by atoms with Crippen LogP contribution in [0, 0.1) is 0 Å². The van der Waals surface area contributed by atoms with Crippen LogP contribution in [-0.2, 0) is 0 Å². The molecule has 12 heavy (non-hydrogen) atoms. The van der Waals surface area contributed by atoms with Gasteiger partial charge in [0, 0.05) is 12.3 Å². The Bertz CT molecular complexity index is 598. The quantitative estimate of drug-likeness (QED) is 0.744. The first kappa shape index (κ1) is 3.66. The maximum Gasteiger partial charge on any atom is 0.172 e. The molecule has 0 aliphatic heterocycles. The lowest BCUT2D eigenvalue weighted by Crippen LogP contribution is -1.98. The average molecular weight is 230 g/mol. The van der Waals surface area contributed by atoms with Crippen LogP contribution < -0.4 is 0 Å². The van der Waals surface area contributed by atoms with Crippen LogP contribution in [0.4, 0.5) is 0 Å². The van der Waals surface area contributed by atoms with Gasteiger partial charge >= 0.3 is 0 Å². The summed E-state index contributed by atoms with van der Waals surface area (Å²) in [6.45, 7) is 0. The molecule has 0 unspecified atom stereocenters. The molecule has 0 radical (unpaired) electrons. The van der Waals surface area contributed by atoms with Crippen molar-refractivity contribution in [3.63, 3.8) is 0 Å². The van der Waals surface area contributed by atoms with Crippen LogP contribution in [0.3, 0.4) is 0 Å². The van der Waals surface area contributed by atoms with Crippen molar-refractivity contribution < 1.29 is 6.85 Å². The molecule has 0 amide bonds. The fourth-order valence-corrected chi connectivity index (χ4v) is 0.897. The molecule has 0 N–H and O–H groups in total. The topological polar surface area (TPSA) is 43.6 Å². The average Bonchev–Trinajstić information content (AvgIpc) is 2.51. The van der Waals surface area contributed by atoms with E-state index in [2.05, 4.69) is 31.0 Å². The Morgan fingerprint density at radius 2 is 2.42 bits per heavy atom. The highest BCUT2D eigenvalue weighted by Crippen LogP contribution is 2.06. The van der Waals surface area contributed by atoms with E-state index in [-0.39, 0.29) is 41.2 Å². The van der Waals surface area contributed by atoms with Crippen molar-refractivity contribution in [3.8, 4) is 5.82 Å². The summed E-state index contributed by atoms with van der Waals surface area (Å²) in [5.41, 5.74) is 0. The zero-order chi connectivity index (χ0) is 12.7. The molecule has 2 aromatic heterocycles. The first-order valence-corrected chi connectivity index (χ1v) is 3.75. The van der Waals surface area contributed by atoms with E-state index in [9.17, 15) is 0 Å². The third kappa shape index (κ3) is 1.35. The summed E-state index contributed by atoms with van der Waals surface area (Å²) < 4.78 is 38.1. The smallest absolute Gasteiger partial charge is 0.172 e. The molecule has 0 saturated heterocycles. The van der Waals surface area contributed by atoms with Gasteiger partial charge in [-0.1, -0.05) is 0 Å². The van der Waals surface area contributed by atoms with Gasteiger partial charge in [0.1, 0.15) is 4.60 Å². The van der Waals surface area contributed by atoms with Gasteiger partial charge in [-0.15, -0.1) is 0 Å². The van der Waals surface area contributed by atoms with Gasteiger partial charge in [-0.25, -0.2) is 9.67 Å². The standard InChI is InChI=1S/C7H5BrN4/c8-6-4-9-5-7(11-6)12-3-1-2-10-12/h1-5H/i1D,2D,3D,4D,5D. The lowest BCUT2D eigenvalue weighted by Gasteiger charge is -1.97. The normalized spacial score (nSPS) is 15.9. The molecule has 0 fully saturated rings. The van der Waals surface area contributed by atoms with E-state index in [1.807, 2.05) is 0 Å². The number of hydrogen-bond acceptors (Lipinski definition) is 3. The second-order valence-corrected chi connectivity index (χ2v) is 2.57. The van der Waals surface area contributed by atoms with E-state index in [0.717, 1.165) is 4.68 Å². The summed E-state index contributed by atoms with van der Waals surface area (Å²) in [5.74, 6) is -0.0927. The summed E-state index contributed by atoms with van der Waals surface area (Å²) in [6.07, 6.45) is -1.26. The molecule has 0 saturated carbocycles. The predicted octanol–water partition coefficient (Wildman–Crippen LogP) is 1.42. The fourth-order valence-electron chi connectivity index (χ4n) is 0.640. The molecule has 0 aromatic carbocycles. The summed E-state index contributed by atoms with van der Waals surface area (Å²) in [4.78, 5) is 7.44. The maximum absolute atomic E-state index is 7.55. The molecular weight excluding hydrogens is 220 g/mol. The number of nitrogens with zero attached hydrogens (tertiary/aromatic N) is 4. The van der Waals surface area contributed by atoms with Crippen molar-refractivity contribution in [2.75, 3.05) is 0 Å². The molecule has 0 atom stereocenters. The number of rotatable bonds is 1. The molecule has 0 aliphatic carbocycles. The molecule has 0 bridgehead atoms. The Morgan fingerprint density at radius 1 is 1.50 bits per heavy atom. The molecule has 4 nitrogen and oxygen atoms in total. The number of hydrogen-bond donors (Lipinski definition) is 0. The van der Waals surface area contributed by atoms with Gasteiger partial charge in [-0.3, -0.25) is 4.98 Å². The third-order valence-corrected chi connectivity index (χ3v) is 1.43. The van der Waals surface area contributed by atoms with Gasteiger partial charge in [-0.2, -0.15) is 5.10 Å². The molecule has 2 heterocycles. The Labute approximate surface area is 84.4 Å². The van der Waals surface area contributed by atoms with E-state index in [4.69, 9.17) is 6.85 Å². The number of halogens is 1. The third-order valence-electron chi connectivity index (χ3n) is 1.08. The highest BCUT2D eigenvalue weighted by molar-refractivity contribution is 9.10. The van der Waals surface area contributed by atoms with Gasteiger partial charge in [0.2, 0.25) is 0 Å². The van der Waals surface area contributed by atoms with Crippen LogP contribution in [0.5, 0.6) is 0 Å². The zero-order valence-corrected chi connectivity index (χ0v) is 7.25. The maximum atomic E-state index is 7.55. The molecule has 5 heteroatoms. The summed E-state index contributed by atoms with van der Waals surface area (Å²) >= 11 is 2.99. The summed E-state index contributed by atoms with van der Waals surface area (Å²) in [6, 6.07) is -0.350. The summed E-state index contributed by atoms with van der Waals surface area (Å²) in [7, 11) is 0. The van der Waals surface area contributed by atoms with E-state index >= 15 is 0 Å². The fraction of sp³-hybridized carbons (Fsp3) is 0. The van der Waals surface area contributed by atoms with Crippen LogP contribution in [0.15, 0.2) is 35.3 Å². The largest absolute Gasteiger partial charge is 0.258 e. The minimum absolute atomic E-state index is 0.0927. The van der Waals surface area contributed by atoms with Crippen LogP contribution in [-0.4, -0.2) is 19.7 Å².